The maximum atomic E-state index is 11.8. The average molecular weight is 313 g/mol. The van der Waals surface area contributed by atoms with Gasteiger partial charge in [-0.1, -0.05) is 23.2 Å². The smallest absolute Gasteiger partial charge is 0.276 e. The van der Waals surface area contributed by atoms with Crippen molar-refractivity contribution in [3.05, 3.63) is 56.3 Å². The highest BCUT2D eigenvalue weighted by Crippen LogP contribution is 2.26. The molecule has 0 aliphatic rings. The summed E-state index contributed by atoms with van der Waals surface area (Å²) in [7, 11) is 0. The molecule has 1 heterocycles. The third-order valence-electron chi connectivity index (χ3n) is 2.28. The van der Waals surface area contributed by atoms with Gasteiger partial charge in [0.25, 0.3) is 11.6 Å². The van der Waals surface area contributed by atoms with Gasteiger partial charge in [-0.2, -0.15) is 0 Å². The first kappa shape index (κ1) is 14.2. The SMILES string of the molecule is O=C(Nc1ccc([N+](=O)[O-])cc1Cl)c1ccc(Cl)nn1. The Balaban J connectivity index is 2.19. The number of rotatable bonds is 3. The predicted molar refractivity (Wildman–Crippen MR) is 73.1 cm³/mol. The summed E-state index contributed by atoms with van der Waals surface area (Å²) in [6.07, 6.45) is 0. The molecule has 1 amide bonds. The van der Waals surface area contributed by atoms with Gasteiger partial charge in [0.1, 0.15) is 0 Å². The van der Waals surface area contributed by atoms with Crippen molar-refractivity contribution in [3.8, 4) is 0 Å². The minimum Gasteiger partial charge on any atom is -0.319 e. The first-order chi connectivity index (χ1) is 9.47. The number of carbonyl (C=O) groups excluding carboxylic acids is 1. The second kappa shape index (κ2) is 5.81. The maximum Gasteiger partial charge on any atom is 0.276 e. The van der Waals surface area contributed by atoms with Gasteiger partial charge in [-0.3, -0.25) is 14.9 Å². The van der Waals surface area contributed by atoms with Gasteiger partial charge in [-0.15, -0.1) is 10.2 Å². The Kier molecular flexibility index (Phi) is 4.11. The van der Waals surface area contributed by atoms with E-state index in [4.69, 9.17) is 23.2 Å². The molecule has 0 spiro atoms. The fraction of sp³-hybridized carbons (Fsp3) is 0. The molecule has 1 aromatic heterocycles. The number of non-ortho nitro benzene ring substituents is 1. The van der Waals surface area contributed by atoms with Gasteiger partial charge >= 0.3 is 0 Å². The number of nitrogens with zero attached hydrogens (tertiary/aromatic N) is 3. The number of nitro benzene ring substituents is 1. The van der Waals surface area contributed by atoms with Crippen molar-refractivity contribution in [2.24, 2.45) is 0 Å². The fourth-order valence-corrected chi connectivity index (χ4v) is 1.67. The molecule has 0 fully saturated rings. The van der Waals surface area contributed by atoms with Crippen LogP contribution >= 0.6 is 23.2 Å². The normalized spacial score (nSPS) is 10.1. The maximum absolute atomic E-state index is 11.8. The highest BCUT2D eigenvalue weighted by molar-refractivity contribution is 6.34. The zero-order valence-corrected chi connectivity index (χ0v) is 11.2. The van der Waals surface area contributed by atoms with E-state index in [0.29, 0.717) is 0 Å². The Morgan fingerprint density at radius 2 is 1.95 bits per heavy atom. The van der Waals surface area contributed by atoms with Gasteiger partial charge in [0, 0.05) is 12.1 Å². The molecule has 102 valence electrons. The second-order valence-corrected chi connectivity index (χ2v) is 4.41. The van der Waals surface area contributed by atoms with Crippen molar-refractivity contribution in [2.75, 3.05) is 5.32 Å². The molecule has 0 atom stereocenters. The van der Waals surface area contributed by atoms with Crippen LogP contribution in [0.1, 0.15) is 10.5 Å². The van der Waals surface area contributed by atoms with Crippen LogP contribution in [0.3, 0.4) is 0 Å². The molecule has 0 bridgehead atoms. The lowest BCUT2D eigenvalue weighted by Crippen LogP contribution is -2.14. The zero-order valence-electron chi connectivity index (χ0n) is 9.71. The number of anilines is 1. The Bertz CT molecular complexity index is 676. The summed E-state index contributed by atoms with van der Waals surface area (Å²) < 4.78 is 0. The Morgan fingerprint density at radius 1 is 1.20 bits per heavy atom. The molecular weight excluding hydrogens is 307 g/mol. The molecular formula is C11H6Cl2N4O3. The summed E-state index contributed by atoms with van der Waals surface area (Å²) in [6, 6.07) is 6.52. The minimum atomic E-state index is -0.581. The summed E-state index contributed by atoms with van der Waals surface area (Å²) in [5, 5.41) is 20.4. The molecule has 0 saturated carbocycles. The molecule has 0 aliphatic carbocycles. The van der Waals surface area contributed by atoms with E-state index < -0.39 is 10.8 Å². The molecule has 9 heteroatoms. The molecule has 2 rings (SSSR count). The van der Waals surface area contributed by atoms with Gasteiger partial charge in [-0.25, -0.2) is 0 Å². The van der Waals surface area contributed by atoms with E-state index in [-0.39, 0.29) is 27.2 Å². The predicted octanol–water partition coefficient (Wildman–Crippen LogP) is 2.94. The van der Waals surface area contributed by atoms with Crippen LogP contribution in [0.15, 0.2) is 30.3 Å². The van der Waals surface area contributed by atoms with E-state index in [1.165, 1.54) is 24.3 Å². The molecule has 2 aromatic rings. The third kappa shape index (κ3) is 3.19. The van der Waals surface area contributed by atoms with Gasteiger partial charge in [-0.05, 0) is 18.2 Å². The lowest BCUT2D eigenvalue weighted by Gasteiger charge is -2.06. The molecule has 0 unspecified atom stereocenters. The van der Waals surface area contributed by atoms with Gasteiger partial charge < -0.3 is 5.32 Å². The lowest BCUT2D eigenvalue weighted by atomic mass is 10.2. The van der Waals surface area contributed by atoms with E-state index >= 15 is 0 Å². The second-order valence-electron chi connectivity index (χ2n) is 3.62. The molecule has 20 heavy (non-hydrogen) atoms. The summed E-state index contributed by atoms with van der Waals surface area (Å²) in [5.41, 5.74) is 0.113. The van der Waals surface area contributed by atoms with Crippen LogP contribution in [0.5, 0.6) is 0 Å². The molecule has 0 aliphatic heterocycles. The van der Waals surface area contributed by atoms with Gasteiger partial charge in [0.15, 0.2) is 10.8 Å². The highest BCUT2D eigenvalue weighted by Gasteiger charge is 2.13. The number of hydrogen-bond acceptors (Lipinski definition) is 5. The number of aromatic nitrogens is 2. The number of halogens is 2. The van der Waals surface area contributed by atoms with Gasteiger partial charge in [0.05, 0.1) is 15.6 Å². The van der Waals surface area contributed by atoms with E-state index in [1.54, 1.807) is 0 Å². The topological polar surface area (TPSA) is 98.0 Å². The number of hydrogen-bond donors (Lipinski definition) is 1. The lowest BCUT2D eigenvalue weighted by molar-refractivity contribution is -0.384. The van der Waals surface area contributed by atoms with Crippen molar-refractivity contribution >= 4 is 40.5 Å². The van der Waals surface area contributed by atoms with Crippen molar-refractivity contribution in [1.29, 1.82) is 0 Å². The zero-order chi connectivity index (χ0) is 14.7. The third-order valence-corrected chi connectivity index (χ3v) is 2.79. The van der Waals surface area contributed by atoms with E-state index in [2.05, 4.69) is 15.5 Å². The molecule has 1 aromatic carbocycles. The van der Waals surface area contributed by atoms with Crippen molar-refractivity contribution in [3.63, 3.8) is 0 Å². The van der Waals surface area contributed by atoms with Crippen molar-refractivity contribution in [2.45, 2.75) is 0 Å². The van der Waals surface area contributed by atoms with Crippen LogP contribution in [-0.4, -0.2) is 21.0 Å². The summed E-state index contributed by atoms with van der Waals surface area (Å²) >= 11 is 11.4. The van der Waals surface area contributed by atoms with E-state index in [0.717, 1.165) is 6.07 Å². The summed E-state index contributed by atoms with van der Waals surface area (Å²) in [6.45, 7) is 0. The summed E-state index contributed by atoms with van der Waals surface area (Å²) in [5.74, 6) is -0.551. The quantitative estimate of drug-likeness (QED) is 0.694. The van der Waals surface area contributed by atoms with Crippen molar-refractivity contribution < 1.29 is 9.72 Å². The van der Waals surface area contributed by atoms with Gasteiger partial charge in [0.2, 0.25) is 0 Å². The molecule has 1 N–H and O–H groups in total. The first-order valence-electron chi connectivity index (χ1n) is 5.22. The van der Waals surface area contributed by atoms with E-state index in [1.807, 2.05) is 0 Å². The largest absolute Gasteiger partial charge is 0.319 e. The fourth-order valence-electron chi connectivity index (χ4n) is 1.34. The number of amides is 1. The first-order valence-corrected chi connectivity index (χ1v) is 5.97. The molecule has 7 nitrogen and oxygen atoms in total. The number of nitrogens with one attached hydrogen (secondary N) is 1. The van der Waals surface area contributed by atoms with Crippen molar-refractivity contribution in [1.82, 2.24) is 10.2 Å². The standard InChI is InChI=1S/C11H6Cl2N4O3/c12-7-5-6(17(19)20)1-2-8(7)14-11(18)9-3-4-10(13)16-15-9/h1-5H,(H,14,18). The highest BCUT2D eigenvalue weighted by atomic mass is 35.5. The number of benzene rings is 1. The van der Waals surface area contributed by atoms with E-state index in [9.17, 15) is 14.9 Å². The minimum absolute atomic E-state index is 0.0452. The van der Waals surface area contributed by atoms with Crippen LogP contribution in [0.4, 0.5) is 11.4 Å². The Labute approximate surface area is 122 Å². The van der Waals surface area contributed by atoms with Crippen LogP contribution in [0, 0.1) is 10.1 Å². The number of carbonyl (C=O) groups is 1. The van der Waals surface area contributed by atoms with Crippen LogP contribution < -0.4 is 5.32 Å². The monoisotopic (exact) mass is 312 g/mol. The number of nitro groups is 1. The van der Waals surface area contributed by atoms with Crippen LogP contribution in [0.2, 0.25) is 10.2 Å². The molecule has 0 radical (unpaired) electrons. The summed E-state index contributed by atoms with van der Waals surface area (Å²) in [4.78, 5) is 21.8. The van der Waals surface area contributed by atoms with Crippen LogP contribution in [0.25, 0.3) is 0 Å². The average Bonchev–Trinajstić information content (AvgIpc) is 2.41. The van der Waals surface area contributed by atoms with Crippen LogP contribution in [-0.2, 0) is 0 Å². The Morgan fingerprint density at radius 3 is 2.50 bits per heavy atom. The Hall–Kier alpha value is -2.25. The molecule has 0 saturated heterocycles.